The number of hydrogen-bond donors (Lipinski definition) is 1. The Kier molecular flexibility index (Phi) is 4.04. The largest absolute Gasteiger partial charge is 0.323 e. The molecule has 0 bridgehead atoms. The van der Waals surface area contributed by atoms with Crippen LogP contribution in [0.2, 0.25) is 0 Å². The van der Waals surface area contributed by atoms with Gasteiger partial charge in [0.15, 0.2) is 0 Å². The van der Waals surface area contributed by atoms with E-state index in [9.17, 15) is 4.79 Å². The Balaban J connectivity index is 1.51. The summed E-state index contributed by atoms with van der Waals surface area (Å²) in [5, 5.41) is 2.81. The van der Waals surface area contributed by atoms with Crippen LogP contribution in [0.3, 0.4) is 0 Å². The van der Waals surface area contributed by atoms with Crippen LogP contribution < -0.4 is 5.32 Å². The van der Waals surface area contributed by atoms with E-state index < -0.39 is 0 Å². The van der Waals surface area contributed by atoms with Crippen molar-refractivity contribution in [1.82, 2.24) is 14.5 Å². The van der Waals surface area contributed by atoms with Gasteiger partial charge in [-0.05, 0) is 35.4 Å². The molecule has 120 valence electrons. The number of anilines is 1. The van der Waals surface area contributed by atoms with Gasteiger partial charge in [0, 0.05) is 12.4 Å². The Labute approximate surface area is 144 Å². The van der Waals surface area contributed by atoms with Crippen molar-refractivity contribution in [2.24, 2.45) is 0 Å². The molecule has 0 aliphatic carbocycles. The Hall–Kier alpha value is -2.60. The number of nitrogens with one attached hydrogen (secondary N) is 1. The van der Waals surface area contributed by atoms with E-state index in [2.05, 4.69) is 21.4 Å². The first-order valence-corrected chi connectivity index (χ1v) is 8.81. The van der Waals surface area contributed by atoms with Gasteiger partial charge < -0.3 is 5.32 Å². The van der Waals surface area contributed by atoms with E-state index >= 15 is 0 Å². The molecule has 2 aromatic heterocycles. The number of amides is 1. The van der Waals surface area contributed by atoms with Gasteiger partial charge in [-0.15, -0.1) is 11.8 Å². The Morgan fingerprint density at radius 3 is 2.96 bits per heavy atom. The normalized spacial score (nSPS) is 16.4. The first kappa shape index (κ1) is 15.0. The number of thioether (sulfide) groups is 1. The third-order valence-electron chi connectivity index (χ3n) is 4.02. The lowest BCUT2D eigenvalue weighted by Crippen LogP contribution is -2.23. The van der Waals surface area contributed by atoms with Crippen molar-refractivity contribution in [3.05, 3.63) is 72.4 Å². The number of benzene rings is 1. The van der Waals surface area contributed by atoms with Gasteiger partial charge in [0.2, 0.25) is 5.91 Å². The highest BCUT2D eigenvalue weighted by Gasteiger charge is 2.26. The molecule has 5 nitrogen and oxygen atoms in total. The van der Waals surface area contributed by atoms with Crippen molar-refractivity contribution < 1.29 is 4.79 Å². The summed E-state index contributed by atoms with van der Waals surface area (Å²) in [6.45, 7) is 0. The molecule has 6 heteroatoms. The first-order chi connectivity index (χ1) is 11.8. The predicted octanol–water partition coefficient (Wildman–Crippen LogP) is 3.24. The van der Waals surface area contributed by atoms with Gasteiger partial charge in [-0.2, -0.15) is 0 Å². The topological polar surface area (TPSA) is 59.8 Å². The van der Waals surface area contributed by atoms with E-state index in [1.54, 1.807) is 30.5 Å². The standard InChI is InChI=1S/C18H16N4OS/c23-18(17-15-4-2-1-3-13(15)7-10-24-17)21-14-5-6-16(20-11-14)22-9-8-19-12-22/h1-6,8-9,11-12,17H,7,10H2,(H,21,23)/t17-/m1/s1. The van der Waals surface area contributed by atoms with Gasteiger partial charge >= 0.3 is 0 Å². The number of aryl methyl sites for hydroxylation is 1. The SMILES string of the molecule is O=C(Nc1ccc(-n2ccnc2)nc1)[C@@H]1SCCc2ccccc21. The highest BCUT2D eigenvalue weighted by atomic mass is 32.2. The zero-order valence-electron chi connectivity index (χ0n) is 12.9. The van der Waals surface area contributed by atoms with Gasteiger partial charge in [-0.3, -0.25) is 9.36 Å². The average molecular weight is 336 g/mol. The number of fused-ring (bicyclic) bond motifs is 1. The van der Waals surface area contributed by atoms with Gasteiger partial charge in [-0.1, -0.05) is 24.3 Å². The third kappa shape index (κ3) is 2.92. The highest BCUT2D eigenvalue weighted by molar-refractivity contribution is 8.00. The Bertz CT molecular complexity index is 846. The minimum atomic E-state index is -0.164. The number of carbonyl (C=O) groups is 1. The number of carbonyl (C=O) groups excluding carboxylic acids is 1. The summed E-state index contributed by atoms with van der Waals surface area (Å²) in [5.41, 5.74) is 3.09. The van der Waals surface area contributed by atoms with Crippen LogP contribution in [0.25, 0.3) is 5.82 Å². The quantitative estimate of drug-likeness (QED) is 0.798. The van der Waals surface area contributed by atoms with Gasteiger partial charge in [0.05, 0.1) is 11.9 Å². The van der Waals surface area contributed by atoms with E-state index in [0.717, 1.165) is 23.6 Å². The van der Waals surface area contributed by atoms with E-state index in [0.29, 0.717) is 5.69 Å². The summed E-state index contributed by atoms with van der Waals surface area (Å²) in [7, 11) is 0. The molecule has 0 unspecified atom stereocenters. The number of pyridine rings is 1. The van der Waals surface area contributed by atoms with E-state index in [4.69, 9.17) is 0 Å². The molecule has 1 amide bonds. The molecule has 0 saturated heterocycles. The molecule has 3 aromatic rings. The Morgan fingerprint density at radius 2 is 2.17 bits per heavy atom. The summed E-state index contributed by atoms with van der Waals surface area (Å²) >= 11 is 1.69. The van der Waals surface area contributed by atoms with Crippen LogP contribution in [0.5, 0.6) is 0 Å². The van der Waals surface area contributed by atoms with Gasteiger partial charge in [0.1, 0.15) is 17.4 Å². The number of nitrogens with zero attached hydrogens (tertiary/aromatic N) is 3. The van der Waals surface area contributed by atoms with Gasteiger partial charge in [-0.25, -0.2) is 9.97 Å². The molecule has 4 rings (SSSR count). The summed E-state index contributed by atoms with van der Waals surface area (Å²) in [4.78, 5) is 21.0. The molecule has 0 radical (unpaired) electrons. The van der Waals surface area contributed by atoms with E-state index in [-0.39, 0.29) is 11.2 Å². The molecule has 1 aliphatic rings. The lowest BCUT2D eigenvalue weighted by atomic mass is 10.0. The number of hydrogen-bond acceptors (Lipinski definition) is 4. The molecule has 3 heterocycles. The third-order valence-corrected chi connectivity index (χ3v) is 5.26. The molecule has 0 spiro atoms. The van der Waals surface area contributed by atoms with Crippen LogP contribution in [0.15, 0.2) is 61.3 Å². The van der Waals surface area contributed by atoms with Crippen molar-refractivity contribution in [3.8, 4) is 5.82 Å². The fourth-order valence-electron chi connectivity index (χ4n) is 2.83. The van der Waals surface area contributed by atoms with Crippen LogP contribution in [0.4, 0.5) is 5.69 Å². The second-order valence-corrected chi connectivity index (χ2v) is 6.78. The maximum Gasteiger partial charge on any atom is 0.242 e. The fraction of sp³-hybridized carbons (Fsp3) is 0.167. The molecular weight excluding hydrogens is 320 g/mol. The second kappa shape index (κ2) is 6.49. The van der Waals surface area contributed by atoms with Crippen LogP contribution in [-0.4, -0.2) is 26.2 Å². The fourth-order valence-corrected chi connectivity index (χ4v) is 4.02. The van der Waals surface area contributed by atoms with Crippen molar-refractivity contribution >= 4 is 23.4 Å². The van der Waals surface area contributed by atoms with Crippen LogP contribution in [-0.2, 0) is 11.2 Å². The lowest BCUT2D eigenvalue weighted by molar-refractivity contribution is -0.115. The molecule has 1 atom stereocenters. The summed E-state index contributed by atoms with van der Waals surface area (Å²) in [5.74, 6) is 1.74. The average Bonchev–Trinajstić information content (AvgIpc) is 3.16. The van der Waals surface area contributed by atoms with Crippen molar-refractivity contribution in [2.45, 2.75) is 11.7 Å². The number of aromatic nitrogens is 3. The highest BCUT2D eigenvalue weighted by Crippen LogP contribution is 2.37. The summed E-state index contributed by atoms with van der Waals surface area (Å²) in [6.07, 6.45) is 7.92. The molecule has 1 aromatic carbocycles. The molecule has 1 N–H and O–H groups in total. The second-order valence-electron chi connectivity index (χ2n) is 5.56. The summed E-state index contributed by atoms with van der Waals surface area (Å²) in [6, 6.07) is 11.9. The van der Waals surface area contributed by atoms with Crippen molar-refractivity contribution in [1.29, 1.82) is 0 Å². The number of imidazole rings is 1. The molecule has 1 aliphatic heterocycles. The Morgan fingerprint density at radius 1 is 1.25 bits per heavy atom. The molecule has 0 saturated carbocycles. The monoisotopic (exact) mass is 336 g/mol. The molecule has 0 fully saturated rings. The number of rotatable bonds is 3. The maximum absolute atomic E-state index is 12.7. The lowest BCUT2D eigenvalue weighted by Gasteiger charge is -2.24. The molecular formula is C18H16N4OS. The van der Waals surface area contributed by atoms with Crippen LogP contribution in [0, 0.1) is 0 Å². The zero-order chi connectivity index (χ0) is 16.4. The minimum absolute atomic E-state index is 0.00401. The predicted molar refractivity (Wildman–Crippen MR) is 95.3 cm³/mol. The minimum Gasteiger partial charge on any atom is -0.323 e. The van der Waals surface area contributed by atoms with Crippen molar-refractivity contribution in [3.63, 3.8) is 0 Å². The van der Waals surface area contributed by atoms with E-state index in [1.807, 2.05) is 41.1 Å². The molecule has 24 heavy (non-hydrogen) atoms. The van der Waals surface area contributed by atoms with E-state index in [1.165, 1.54) is 5.56 Å². The van der Waals surface area contributed by atoms with Crippen LogP contribution in [0.1, 0.15) is 16.4 Å². The van der Waals surface area contributed by atoms with Crippen LogP contribution >= 0.6 is 11.8 Å². The van der Waals surface area contributed by atoms with Crippen molar-refractivity contribution in [2.75, 3.05) is 11.1 Å². The van der Waals surface area contributed by atoms with Gasteiger partial charge in [0.25, 0.3) is 0 Å². The maximum atomic E-state index is 12.7. The first-order valence-electron chi connectivity index (χ1n) is 7.76. The zero-order valence-corrected chi connectivity index (χ0v) is 13.7. The smallest absolute Gasteiger partial charge is 0.242 e. The summed E-state index contributed by atoms with van der Waals surface area (Å²) < 4.78 is 1.82.